The van der Waals surface area contributed by atoms with Gasteiger partial charge in [-0.15, -0.1) is 0 Å². The van der Waals surface area contributed by atoms with E-state index in [4.69, 9.17) is 14.2 Å². The number of unbranched alkanes of at least 4 members (excludes halogenated alkanes) is 1. The molecule has 4 rings (SSSR count). The summed E-state index contributed by atoms with van der Waals surface area (Å²) in [5, 5.41) is 4.68. The molecule has 1 aromatic heterocycles. The number of hydrogen-bond donors (Lipinski definition) is 0. The molecule has 11 nitrogen and oxygen atoms in total. The number of methoxy groups -OCH3 is 1. The number of para-hydroxylation sites is 1. The van der Waals surface area contributed by atoms with Crippen LogP contribution in [0.25, 0.3) is 5.69 Å². The third-order valence-corrected chi connectivity index (χ3v) is 8.13. The third-order valence-electron chi connectivity index (χ3n) is 8.13. The number of ether oxygens (including phenoxy) is 3. The van der Waals surface area contributed by atoms with E-state index >= 15 is 0 Å². The van der Waals surface area contributed by atoms with E-state index in [1.54, 1.807) is 18.2 Å². The fraction of sp³-hybridized carbons (Fsp3) is 0.647. The van der Waals surface area contributed by atoms with Crippen molar-refractivity contribution in [2.75, 3.05) is 59.7 Å². The van der Waals surface area contributed by atoms with Gasteiger partial charge in [0, 0.05) is 46.4 Å². The Kier molecular flexibility index (Phi) is 12.0. The first-order valence-electron chi connectivity index (χ1n) is 16.2. The maximum atomic E-state index is 14.6. The van der Waals surface area contributed by atoms with Crippen molar-refractivity contribution >= 4 is 17.9 Å². The molecule has 11 heteroatoms. The molecule has 0 aliphatic carbocycles. The Labute approximate surface area is 267 Å². The quantitative estimate of drug-likeness (QED) is 0.340. The first-order chi connectivity index (χ1) is 21.5. The zero-order chi connectivity index (χ0) is 32.6. The molecule has 2 fully saturated rings. The van der Waals surface area contributed by atoms with Gasteiger partial charge in [0.15, 0.2) is 0 Å². The van der Waals surface area contributed by atoms with Crippen LogP contribution in [0.1, 0.15) is 69.9 Å². The normalized spacial score (nSPS) is 19.1. The van der Waals surface area contributed by atoms with E-state index in [1.807, 2.05) is 65.6 Å². The summed E-state index contributed by atoms with van der Waals surface area (Å²) in [6.45, 7) is 13.3. The number of rotatable bonds is 11. The van der Waals surface area contributed by atoms with Crippen molar-refractivity contribution in [3.63, 3.8) is 0 Å². The van der Waals surface area contributed by atoms with Crippen LogP contribution in [0.3, 0.4) is 0 Å². The molecule has 2 aliphatic rings. The van der Waals surface area contributed by atoms with Gasteiger partial charge in [-0.25, -0.2) is 9.48 Å². The number of piperidine rings is 1. The lowest BCUT2D eigenvalue weighted by molar-refractivity contribution is -0.142. The van der Waals surface area contributed by atoms with Gasteiger partial charge in [0.05, 0.1) is 48.3 Å². The Balaban J connectivity index is 1.68. The van der Waals surface area contributed by atoms with Gasteiger partial charge < -0.3 is 28.9 Å². The number of benzene rings is 1. The molecule has 0 radical (unpaired) electrons. The highest BCUT2D eigenvalue weighted by Gasteiger charge is 2.41. The highest BCUT2D eigenvalue weighted by atomic mass is 16.6. The van der Waals surface area contributed by atoms with Crippen LogP contribution in [-0.4, -0.2) is 114 Å². The smallest absolute Gasteiger partial charge is 0.410 e. The molecule has 2 saturated heterocycles. The van der Waals surface area contributed by atoms with E-state index in [0.717, 1.165) is 24.2 Å². The van der Waals surface area contributed by atoms with E-state index in [2.05, 4.69) is 18.9 Å². The second-order valence-corrected chi connectivity index (χ2v) is 13.5. The standard InChI is InChI=1S/C34H51N5O6/c1-25(2)22-38(32(41)29-21-35-39(27-12-8-7-9-13-27)30(29)14-10-11-17-43-6)28-20-26(31(40)36-15-18-44-19-16-36)23-37(24-28)33(42)45-34(3,4)5/h7-9,12-13,21,25-26,28H,10-11,14-20,22-24H2,1-6H3/t26-,28+/m1/s1. The van der Waals surface area contributed by atoms with E-state index in [0.29, 0.717) is 57.9 Å². The second kappa shape index (κ2) is 15.7. The van der Waals surface area contributed by atoms with Gasteiger partial charge in [-0.2, -0.15) is 5.10 Å². The minimum absolute atomic E-state index is 0.00997. The molecule has 0 saturated carbocycles. The van der Waals surface area contributed by atoms with Crippen molar-refractivity contribution in [3.05, 3.63) is 47.8 Å². The molecule has 2 aliphatic heterocycles. The monoisotopic (exact) mass is 625 g/mol. The van der Waals surface area contributed by atoms with Crippen molar-refractivity contribution in [1.29, 1.82) is 0 Å². The largest absolute Gasteiger partial charge is 0.444 e. The summed E-state index contributed by atoms with van der Waals surface area (Å²) in [5.41, 5.74) is 1.59. The molecule has 3 heterocycles. The van der Waals surface area contributed by atoms with Gasteiger partial charge in [-0.1, -0.05) is 32.0 Å². The SMILES string of the molecule is COCCCCc1c(C(=O)N(CC(C)C)[C@H]2C[C@@H](C(=O)N3CCOCC3)CN(C(=O)OC(C)(C)C)C2)cnn1-c1ccccc1. The predicted molar refractivity (Wildman–Crippen MR) is 171 cm³/mol. The van der Waals surface area contributed by atoms with Crippen LogP contribution >= 0.6 is 0 Å². The molecule has 2 aromatic rings. The number of likely N-dealkylation sites (tertiary alicyclic amines) is 1. The maximum absolute atomic E-state index is 14.6. The summed E-state index contributed by atoms with van der Waals surface area (Å²) in [6, 6.07) is 9.45. The molecule has 1 aromatic carbocycles. The Morgan fingerprint density at radius 1 is 1.04 bits per heavy atom. The van der Waals surface area contributed by atoms with Crippen LogP contribution in [-0.2, 0) is 25.4 Å². The number of aromatic nitrogens is 2. The predicted octanol–water partition coefficient (Wildman–Crippen LogP) is 4.42. The summed E-state index contributed by atoms with van der Waals surface area (Å²) >= 11 is 0. The molecule has 248 valence electrons. The highest BCUT2D eigenvalue weighted by molar-refractivity contribution is 5.95. The minimum Gasteiger partial charge on any atom is -0.444 e. The minimum atomic E-state index is -0.690. The number of carbonyl (C=O) groups excluding carboxylic acids is 3. The van der Waals surface area contributed by atoms with Crippen LogP contribution in [0, 0.1) is 11.8 Å². The molecule has 2 atom stereocenters. The maximum Gasteiger partial charge on any atom is 0.410 e. The lowest BCUT2D eigenvalue weighted by atomic mass is 9.91. The van der Waals surface area contributed by atoms with Gasteiger partial charge >= 0.3 is 6.09 Å². The Morgan fingerprint density at radius 3 is 2.40 bits per heavy atom. The molecule has 3 amide bonds. The van der Waals surface area contributed by atoms with Crippen LogP contribution in [0.5, 0.6) is 0 Å². The van der Waals surface area contributed by atoms with Crippen LogP contribution < -0.4 is 0 Å². The molecular formula is C34H51N5O6. The zero-order valence-corrected chi connectivity index (χ0v) is 27.9. The molecule has 45 heavy (non-hydrogen) atoms. The molecule has 0 bridgehead atoms. The Bertz CT molecular complexity index is 1270. The van der Waals surface area contributed by atoms with Crippen molar-refractivity contribution in [2.24, 2.45) is 11.8 Å². The lowest BCUT2D eigenvalue weighted by Gasteiger charge is -2.44. The van der Waals surface area contributed by atoms with E-state index in [-0.39, 0.29) is 36.9 Å². The Hall–Kier alpha value is -3.44. The number of amides is 3. The molecule has 0 unspecified atom stereocenters. The van der Waals surface area contributed by atoms with E-state index in [9.17, 15) is 14.4 Å². The van der Waals surface area contributed by atoms with Gasteiger partial charge in [0.25, 0.3) is 5.91 Å². The average molecular weight is 626 g/mol. The van der Waals surface area contributed by atoms with Gasteiger partial charge in [-0.05, 0) is 64.5 Å². The van der Waals surface area contributed by atoms with Gasteiger partial charge in [-0.3, -0.25) is 9.59 Å². The first-order valence-corrected chi connectivity index (χ1v) is 16.2. The lowest BCUT2D eigenvalue weighted by Crippen LogP contribution is -2.58. The molecule has 0 N–H and O–H groups in total. The molecular weight excluding hydrogens is 574 g/mol. The first kappa shape index (κ1) is 34.4. The van der Waals surface area contributed by atoms with Crippen LogP contribution in [0.4, 0.5) is 4.79 Å². The fourth-order valence-corrected chi connectivity index (χ4v) is 6.06. The molecule has 0 spiro atoms. The van der Waals surface area contributed by atoms with Crippen molar-refractivity contribution in [2.45, 2.75) is 71.9 Å². The fourth-order valence-electron chi connectivity index (χ4n) is 6.06. The summed E-state index contributed by atoms with van der Waals surface area (Å²) in [7, 11) is 1.69. The topological polar surface area (TPSA) is 106 Å². The number of hydrogen-bond acceptors (Lipinski definition) is 7. The zero-order valence-electron chi connectivity index (χ0n) is 27.9. The highest BCUT2D eigenvalue weighted by Crippen LogP contribution is 2.28. The number of morpholine rings is 1. The van der Waals surface area contributed by atoms with Gasteiger partial charge in [0.2, 0.25) is 5.91 Å². The van der Waals surface area contributed by atoms with Crippen molar-refractivity contribution in [1.82, 2.24) is 24.5 Å². The summed E-state index contributed by atoms with van der Waals surface area (Å²) in [4.78, 5) is 47.1. The van der Waals surface area contributed by atoms with Crippen molar-refractivity contribution in [3.8, 4) is 5.69 Å². The third kappa shape index (κ3) is 9.29. The van der Waals surface area contributed by atoms with Crippen LogP contribution in [0.15, 0.2) is 36.5 Å². The number of nitrogens with zero attached hydrogens (tertiary/aromatic N) is 5. The number of carbonyl (C=O) groups is 3. The van der Waals surface area contributed by atoms with Crippen LogP contribution in [0.2, 0.25) is 0 Å². The summed E-state index contributed by atoms with van der Waals surface area (Å²) in [6.07, 6.45) is 4.01. The summed E-state index contributed by atoms with van der Waals surface area (Å²) < 4.78 is 18.4. The van der Waals surface area contributed by atoms with E-state index in [1.165, 1.54) is 0 Å². The average Bonchev–Trinajstić information content (AvgIpc) is 3.45. The second-order valence-electron chi connectivity index (χ2n) is 13.5. The Morgan fingerprint density at radius 2 is 1.76 bits per heavy atom. The van der Waals surface area contributed by atoms with Crippen molar-refractivity contribution < 1.29 is 28.6 Å². The van der Waals surface area contributed by atoms with Gasteiger partial charge in [0.1, 0.15) is 5.60 Å². The summed E-state index contributed by atoms with van der Waals surface area (Å²) in [5.74, 6) is -0.448. The van der Waals surface area contributed by atoms with E-state index < -0.39 is 17.6 Å².